The van der Waals surface area contributed by atoms with E-state index in [-0.39, 0.29) is 11.2 Å². The Labute approximate surface area is 135 Å². The lowest BCUT2D eigenvalue weighted by Crippen LogP contribution is -2.39. The van der Waals surface area contributed by atoms with Gasteiger partial charge in [-0.25, -0.2) is 0 Å². The van der Waals surface area contributed by atoms with Crippen molar-refractivity contribution in [1.29, 1.82) is 5.26 Å². The van der Waals surface area contributed by atoms with Gasteiger partial charge in [0.1, 0.15) is 4.32 Å². The van der Waals surface area contributed by atoms with E-state index in [4.69, 9.17) is 23.8 Å². The largest absolute Gasteiger partial charge is 0.356 e. The highest BCUT2D eigenvalue weighted by atomic mass is 35.5. The first-order valence-electron chi connectivity index (χ1n) is 6.76. The summed E-state index contributed by atoms with van der Waals surface area (Å²) in [6.07, 6.45) is 2.26. The second-order valence-corrected chi connectivity index (χ2v) is 7.10. The average Bonchev–Trinajstić information content (AvgIpc) is 2.46. The normalized spacial score (nSPS) is 22.6. The molecule has 1 aliphatic heterocycles. The van der Waals surface area contributed by atoms with Gasteiger partial charge in [-0.2, -0.15) is 5.26 Å². The number of benzene rings is 1. The van der Waals surface area contributed by atoms with Gasteiger partial charge in [0.15, 0.2) is 0 Å². The zero-order chi connectivity index (χ0) is 14.5. The van der Waals surface area contributed by atoms with Crippen molar-refractivity contribution in [2.24, 2.45) is 5.92 Å². The molecule has 5 heteroatoms. The van der Waals surface area contributed by atoms with Gasteiger partial charge in [-0.3, -0.25) is 0 Å². The molecule has 0 aromatic heterocycles. The van der Waals surface area contributed by atoms with Gasteiger partial charge in [-0.15, -0.1) is 0 Å². The van der Waals surface area contributed by atoms with Gasteiger partial charge in [0.25, 0.3) is 0 Å². The Morgan fingerprint density at radius 3 is 2.75 bits per heavy atom. The summed E-state index contributed by atoms with van der Waals surface area (Å²) < 4.78 is 0.907. The van der Waals surface area contributed by atoms with Crippen LogP contribution < -0.4 is 0 Å². The lowest BCUT2D eigenvalue weighted by molar-refractivity contribution is 0.366. The zero-order valence-corrected chi connectivity index (χ0v) is 13.8. The van der Waals surface area contributed by atoms with Crippen LogP contribution in [-0.4, -0.2) is 22.3 Å². The summed E-state index contributed by atoms with van der Waals surface area (Å²) in [7, 11) is 0. The first kappa shape index (κ1) is 15.6. The molecule has 106 valence electrons. The average molecular weight is 325 g/mol. The monoisotopic (exact) mass is 324 g/mol. The predicted octanol–water partition coefficient (Wildman–Crippen LogP) is 4.65. The number of nitriles is 1. The van der Waals surface area contributed by atoms with Crippen molar-refractivity contribution in [3.8, 4) is 6.07 Å². The molecule has 2 rings (SSSR count). The van der Waals surface area contributed by atoms with Gasteiger partial charge in [0.05, 0.1) is 17.2 Å². The molecular formula is C15H17ClN2S2. The van der Waals surface area contributed by atoms with Crippen molar-refractivity contribution in [2.45, 2.75) is 25.0 Å². The molecular weight excluding hydrogens is 308 g/mol. The Kier molecular flexibility index (Phi) is 5.71. The van der Waals surface area contributed by atoms with Gasteiger partial charge < -0.3 is 4.90 Å². The molecule has 1 fully saturated rings. The number of unbranched alkanes of at least 4 members (excludes halogenated alkanes) is 1. The van der Waals surface area contributed by atoms with E-state index in [1.807, 2.05) is 24.3 Å². The van der Waals surface area contributed by atoms with Crippen molar-refractivity contribution < 1.29 is 0 Å². The minimum absolute atomic E-state index is 0.0373. The van der Waals surface area contributed by atoms with Crippen molar-refractivity contribution in [2.75, 3.05) is 13.1 Å². The van der Waals surface area contributed by atoms with Crippen molar-refractivity contribution in [3.63, 3.8) is 0 Å². The number of thioether (sulfide) groups is 1. The van der Waals surface area contributed by atoms with Crippen molar-refractivity contribution >= 4 is 39.9 Å². The van der Waals surface area contributed by atoms with Crippen LogP contribution in [-0.2, 0) is 0 Å². The topological polar surface area (TPSA) is 27.0 Å². The molecule has 0 unspecified atom stereocenters. The Morgan fingerprint density at radius 2 is 2.15 bits per heavy atom. The fourth-order valence-electron chi connectivity index (χ4n) is 2.27. The van der Waals surface area contributed by atoms with Crippen LogP contribution in [0.4, 0.5) is 0 Å². The molecule has 1 heterocycles. The molecule has 1 saturated heterocycles. The highest BCUT2D eigenvalue weighted by Gasteiger charge is 2.33. The number of halogens is 1. The molecule has 1 aromatic rings. The Hall–Kier alpha value is -0.760. The molecule has 1 aromatic carbocycles. The van der Waals surface area contributed by atoms with Gasteiger partial charge >= 0.3 is 0 Å². The standard InChI is InChI=1S/C15H17ClN2S2/c1-2-3-8-18-10-12(9-17)14(20-15(18)19)11-4-6-13(16)7-5-11/h4-7,12,14H,2-3,8,10H2,1H3/t12-,14-/m1/s1. The molecule has 1 aliphatic rings. The first-order valence-corrected chi connectivity index (χ1v) is 8.43. The van der Waals surface area contributed by atoms with E-state index in [9.17, 15) is 5.26 Å². The maximum atomic E-state index is 9.45. The summed E-state index contributed by atoms with van der Waals surface area (Å²) in [6.45, 7) is 3.85. The van der Waals surface area contributed by atoms with Crippen LogP contribution >= 0.6 is 35.6 Å². The van der Waals surface area contributed by atoms with E-state index in [2.05, 4.69) is 17.9 Å². The lowest BCUT2D eigenvalue weighted by Gasteiger charge is -2.36. The molecule has 2 atom stereocenters. The summed E-state index contributed by atoms with van der Waals surface area (Å²) in [5.41, 5.74) is 1.13. The smallest absolute Gasteiger partial charge is 0.137 e. The summed E-state index contributed by atoms with van der Waals surface area (Å²) in [5, 5.41) is 10.3. The maximum absolute atomic E-state index is 9.45. The molecule has 0 bridgehead atoms. The number of rotatable bonds is 4. The minimum Gasteiger partial charge on any atom is -0.356 e. The lowest BCUT2D eigenvalue weighted by atomic mass is 9.99. The summed E-state index contributed by atoms with van der Waals surface area (Å²) in [5.74, 6) is -0.0373. The van der Waals surface area contributed by atoms with Crippen LogP contribution in [0, 0.1) is 17.2 Å². The Balaban J connectivity index is 2.13. The molecule has 0 spiro atoms. The van der Waals surface area contributed by atoms with Crippen LogP contribution in [0.1, 0.15) is 30.6 Å². The Bertz CT molecular complexity index is 510. The van der Waals surface area contributed by atoms with Crippen LogP contribution in [0.3, 0.4) is 0 Å². The summed E-state index contributed by atoms with van der Waals surface area (Å²) in [6, 6.07) is 10.2. The predicted molar refractivity (Wildman–Crippen MR) is 90.0 cm³/mol. The van der Waals surface area contributed by atoms with Crippen molar-refractivity contribution in [1.82, 2.24) is 4.90 Å². The third kappa shape index (κ3) is 3.66. The van der Waals surface area contributed by atoms with E-state index in [0.717, 1.165) is 40.8 Å². The second-order valence-electron chi connectivity index (χ2n) is 4.89. The van der Waals surface area contributed by atoms with Crippen LogP contribution in [0.15, 0.2) is 24.3 Å². The minimum atomic E-state index is -0.0373. The fraction of sp³-hybridized carbons (Fsp3) is 0.467. The zero-order valence-electron chi connectivity index (χ0n) is 11.4. The van der Waals surface area contributed by atoms with Crippen molar-refractivity contribution in [3.05, 3.63) is 34.9 Å². The first-order chi connectivity index (χ1) is 9.65. The van der Waals surface area contributed by atoms with E-state index in [1.165, 1.54) is 0 Å². The van der Waals surface area contributed by atoms with Crippen LogP contribution in [0.2, 0.25) is 5.02 Å². The fourth-order valence-corrected chi connectivity index (χ4v) is 4.01. The SMILES string of the molecule is CCCCN1C[C@@H](C#N)[C@@H](c2ccc(Cl)cc2)SC1=S. The third-order valence-electron chi connectivity index (χ3n) is 3.41. The van der Waals surface area contributed by atoms with Gasteiger partial charge in [0.2, 0.25) is 0 Å². The molecule has 0 saturated carbocycles. The Morgan fingerprint density at radius 1 is 1.45 bits per heavy atom. The molecule has 2 nitrogen and oxygen atoms in total. The number of nitrogens with zero attached hydrogens (tertiary/aromatic N) is 2. The molecule has 20 heavy (non-hydrogen) atoms. The van der Waals surface area contributed by atoms with E-state index in [0.29, 0.717) is 0 Å². The van der Waals surface area contributed by atoms with Gasteiger partial charge in [-0.1, -0.05) is 61.1 Å². The molecule has 0 N–H and O–H groups in total. The van der Waals surface area contributed by atoms with E-state index < -0.39 is 0 Å². The van der Waals surface area contributed by atoms with Gasteiger partial charge in [0, 0.05) is 18.1 Å². The van der Waals surface area contributed by atoms with E-state index >= 15 is 0 Å². The number of hydrogen-bond donors (Lipinski definition) is 0. The third-order valence-corrected chi connectivity index (χ3v) is 5.53. The molecule has 0 aliphatic carbocycles. The van der Waals surface area contributed by atoms with Crippen LogP contribution in [0.25, 0.3) is 0 Å². The number of hydrogen-bond acceptors (Lipinski definition) is 3. The highest BCUT2D eigenvalue weighted by molar-refractivity contribution is 8.23. The maximum Gasteiger partial charge on any atom is 0.137 e. The van der Waals surface area contributed by atoms with Gasteiger partial charge in [-0.05, 0) is 24.1 Å². The quantitative estimate of drug-likeness (QED) is 0.753. The highest BCUT2D eigenvalue weighted by Crippen LogP contribution is 2.42. The molecule has 0 amide bonds. The van der Waals surface area contributed by atoms with Crippen LogP contribution in [0.5, 0.6) is 0 Å². The molecule has 0 radical (unpaired) electrons. The second kappa shape index (κ2) is 7.31. The number of thiocarbonyl (C=S) groups is 1. The summed E-state index contributed by atoms with van der Waals surface area (Å²) >= 11 is 13.1. The summed E-state index contributed by atoms with van der Waals surface area (Å²) in [4.78, 5) is 2.17. The van der Waals surface area contributed by atoms with E-state index in [1.54, 1.807) is 11.8 Å².